The van der Waals surface area contributed by atoms with Crippen LogP contribution in [-0.2, 0) is 49.3 Å². The molecule has 1 aliphatic rings. The smallest absolute Gasteiger partial charge is 0.303 e. The Bertz CT molecular complexity index is 958. The van der Waals surface area contributed by atoms with E-state index in [1.807, 2.05) is 38.1 Å². The van der Waals surface area contributed by atoms with Crippen molar-refractivity contribution in [3.05, 3.63) is 29.8 Å². The molecule has 1 aliphatic heterocycles. The van der Waals surface area contributed by atoms with E-state index in [9.17, 15) is 24.3 Å². The second kappa shape index (κ2) is 14.1. The molecule has 0 amide bonds. The summed E-state index contributed by atoms with van der Waals surface area (Å²) >= 11 is 0. The largest absolute Gasteiger partial charge is 0.491 e. The van der Waals surface area contributed by atoms with Gasteiger partial charge in [0, 0.05) is 34.1 Å². The van der Waals surface area contributed by atoms with Gasteiger partial charge in [-0.25, -0.2) is 0 Å². The molecule has 38 heavy (non-hydrogen) atoms. The van der Waals surface area contributed by atoms with E-state index in [0.29, 0.717) is 19.3 Å². The number of ether oxygens (including phenoxy) is 6. The first-order valence-electron chi connectivity index (χ1n) is 12.6. The van der Waals surface area contributed by atoms with Crippen LogP contribution in [0.3, 0.4) is 0 Å². The quantitative estimate of drug-likeness (QED) is 0.238. The topological polar surface area (TPSA) is 144 Å². The molecule has 0 aromatic heterocycles. The summed E-state index contributed by atoms with van der Waals surface area (Å²) in [5.74, 6) is -4.24. The van der Waals surface area contributed by atoms with Crippen LogP contribution in [0.15, 0.2) is 24.3 Å². The minimum atomic E-state index is -2.12. The molecule has 0 aliphatic carbocycles. The second-order valence-electron chi connectivity index (χ2n) is 9.50. The van der Waals surface area contributed by atoms with Gasteiger partial charge in [0.05, 0.1) is 6.10 Å². The van der Waals surface area contributed by atoms with Crippen molar-refractivity contribution >= 4 is 23.9 Å². The van der Waals surface area contributed by atoms with Crippen LogP contribution in [0.25, 0.3) is 0 Å². The molecule has 1 saturated heterocycles. The van der Waals surface area contributed by atoms with E-state index in [0.717, 1.165) is 32.1 Å². The third kappa shape index (κ3) is 9.60. The molecule has 1 N–H and O–H groups in total. The Labute approximate surface area is 222 Å². The molecule has 0 spiro atoms. The molecule has 0 radical (unpaired) electrons. The standard InChI is InChI=1S/C27H38O11/c1-16(2)34-22-12-10-21(11-13-22)9-7-8-14-27(32)26(37-20(6)31)25(36-19(5)30)24(35-18(4)29)23(38-27)15-33-17(3)28/h10-13,16,23-26,32H,7-9,14-15H2,1-6H3/t23-,24-,25+,26-,27-/m1/s1. The lowest BCUT2D eigenvalue weighted by Gasteiger charge is -2.48. The number of carbonyl (C=O) groups is 4. The second-order valence-corrected chi connectivity index (χ2v) is 9.50. The third-order valence-corrected chi connectivity index (χ3v) is 5.68. The van der Waals surface area contributed by atoms with Gasteiger partial charge in [-0.3, -0.25) is 19.2 Å². The van der Waals surface area contributed by atoms with E-state index in [1.165, 1.54) is 6.92 Å². The SMILES string of the molecule is CC(=O)OC[C@H]1O[C@](O)(CCCCc2ccc(OC(C)C)cc2)[C@H](OC(C)=O)[C@@H](OC(C)=O)[C@@H]1OC(C)=O. The van der Waals surface area contributed by atoms with E-state index < -0.39 is 60.7 Å². The maximum atomic E-state index is 11.9. The Morgan fingerprint density at radius 3 is 1.97 bits per heavy atom. The molecule has 0 saturated carbocycles. The van der Waals surface area contributed by atoms with Crippen molar-refractivity contribution in [2.45, 2.75) is 104 Å². The number of unbranched alkanes of at least 4 members (excludes halogenated alkanes) is 1. The van der Waals surface area contributed by atoms with Crippen LogP contribution < -0.4 is 4.74 Å². The number of hydrogen-bond acceptors (Lipinski definition) is 11. The average molecular weight is 539 g/mol. The Balaban J connectivity index is 2.23. The fraction of sp³-hybridized carbons (Fsp3) is 0.630. The summed E-state index contributed by atoms with van der Waals surface area (Å²) in [4.78, 5) is 47.2. The van der Waals surface area contributed by atoms with Gasteiger partial charge in [0.2, 0.25) is 5.79 Å². The van der Waals surface area contributed by atoms with Gasteiger partial charge in [0.25, 0.3) is 0 Å². The van der Waals surface area contributed by atoms with Crippen LogP contribution in [0.1, 0.15) is 66.4 Å². The normalized spacial score (nSPS) is 24.8. The molecule has 1 aromatic rings. The van der Waals surface area contributed by atoms with Crippen molar-refractivity contribution in [1.29, 1.82) is 0 Å². The van der Waals surface area contributed by atoms with Gasteiger partial charge in [-0.15, -0.1) is 0 Å². The molecule has 11 nitrogen and oxygen atoms in total. The summed E-state index contributed by atoms with van der Waals surface area (Å²) in [6, 6.07) is 7.70. The fourth-order valence-electron chi connectivity index (χ4n) is 4.27. The van der Waals surface area contributed by atoms with Crippen LogP contribution in [-0.4, -0.2) is 71.9 Å². The number of hydrogen-bond donors (Lipinski definition) is 1. The van der Waals surface area contributed by atoms with Crippen molar-refractivity contribution in [2.24, 2.45) is 0 Å². The summed E-state index contributed by atoms with van der Waals surface area (Å²) < 4.78 is 32.7. The summed E-state index contributed by atoms with van der Waals surface area (Å²) in [6.07, 6.45) is -3.60. The van der Waals surface area contributed by atoms with Gasteiger partial charge in [-0.05, 0) is 50.8 Å². The van der Waals surface area contributed by atoms with Gasteiger partial charge in [0.15, 0.2) is 18.3 Å². The number of esters is 4. The van der Waals surface area contributed by atoms with Crippen LogP contribution in [0, 0.1) is 0 Å². The van der Waals surface area contributed by atoms with E-state index in [2.05, 4.69) is 0 Å². The Hall–Kier alpha value is -3.18. The number of benzene rings is 1. The molecule has 0 unspecified atom stereocenters. The fourth-order valence-corrected chi connectivity index (χ4v) is 4.27. The maximum absolute atomic E-state index is 11.9. The molecule has 2 rings (SSSR count). The van der Waals surface area contributed by atoms with E-state index in [4.69, 9.17) is 28.4 Å². The predicted octanol–water partition coefficient (Wildman–Crippen LogP) is 2.63. The maximum Gasteiger partial charge on any atom is 0.303 e. The van der Waals surface area contributed by atoms with Gasteiger partial charge in [-0.2, -0.15) is 0 Å². The molecule has 0 bridgehead atoms. The first kappa shape index (κ1) is 31.0. The van der Waals surface area contributed by atoms with Crippen molar-refractivity contribution in [3.63, 3.8) is 0 Å². The lowest BCUT2D eigenvalue weighted by molar-refractivity contribution is -0.354. The highest BCUT2D eigenvalue weighted by Crippen LogP contribution is 2.37. The number of aliphatic hydroxyl groups is 1. The first-order chi connectivity index (χ1) is 17.8. The van der Waals surface area contributed by atoms with Crippen molar-refractivity contribution in [1.82, 2.24) is 0 Å². The summed E-state index contributed by atoms with van der Waals surface area (Å²) in [5.41, 5.74) is 1.06. The average Bonchev–Trinajstić information content (AvgIpc) is 2.80. The monoisotopic (exact) mass is 538 g/mol. The Morgan fingerprint density at radius 1 is 0.868 bits per heavy atom. The minimum Gasteiger partial charge on any atom is -0.491 e. The van der Waals surface area contributed by atoms with Gasteiger partial charge in [0.1, 0.15) is 18.5 Å². The van der Waals surface area contributed by atoms with Crippen LogP contribution >= 0.6 is 0 Å². The van der Waals surface area contributed by atoms with Crippen LogP contribution in [0.4, 0.5) is 0 Å². The third-order valence-electron chi connectivity index (χ3n) is 5.68. The van der Waals surface area contributed by atoms with Crippen LogP contribution in [0.5, 0.6) is 5.75 Å². The lowest BCUT2D eigenvalue weighted by atomic mass is 9.88. The number of carbonyl (C=O) groups excluding carboxylic acids is 4. The summed E-state index contributed by atoms with van der Waals surface area (Å²) in [6.45, 7) is 8.08. The van der Waals surface area contributed by atoms with Gasteiger partial charge < -0.3 is 33.5 Å². The van der Waals surface area contributed by atoms with Crippen molar-refractivity contribution in [2.75, 3.05) is 6.61 Å². The summed E-state index contributed by atoms with van der Waals surface area (Å²) in [5, 5.41) is 11.6. The summed E-state index contributed by atoms with van der Waals surface area (Å²) in [7, 11) is 0. The molecule has 1 fully saturated rings. The minimum absolute atomic E-state index is 0.0133. The molecule has 5 atom stereocenters. The molecule has 212 valence electrons. The van der Waals surface area contributed by atoms with Gasteiger partial charge >= 0.3 is 23.9 Å². The van der Waals surface area contributed by atoms with Crippen molar-refractivity contribution in [3.8, 4) is 5.75 Å². The molecular weight excluding hydrogens is 500 g/mol. The van der Waals surface area contributed by atoms with Crippen molar-refractivity contribution < 1.29 is 52.7 Å². The highest BCUT2D eigenvalue weighted by atomic mass is 16.7. The highest BCUT2D eigenvalue weighted by molar-refractivity contribution is 5.68. The molecular formula is C27H38O11. The number of aryl methyl sites for hydroxylation is 1. The highest BCUT2D eigenvalue weighted by Gasteiger charge is 2.59. The zero-order chi connectivity index (χ0) is 28.5. The van der Waals surface area contributed by atoms with E-state index >= 15 is 0 Å². The zero-order valence-electron chi connectivity index (χ0n) is 22.8. The first-order valence-corrected chi connectivity index (χ1v) is 12.6. The number of rotatable bonds is 12. The predicted molar refractivity (Wildman–Crippen MR) is 133 cm³/mol. The lowest BCUT2D eigenvalue weighted by Crippen LogP contribution is -2.68. The van der Waals surface area contributed by atoms with Crippen LogP contribution in [0.2, 0.25) is 0 Å². The molecule has 1 heterocycles. The van der Waals surface area contributed by atoms with E-state index in [1.54, 1.807) is 0 Å². The zero-order valence-corrected chi connectivity index (χ0v) is 22.8. The Morgan fingerprint density at radius 2 is 1.45 bits per heavy atom. The Kier molecular flexibility index (Phi) is 11.5. The van der Waals surface area contributed by atoms with E-state index in [-0.39, 0.29) is 12.5 Å². The molecule has 1 aromatic carbocycles. The molecule has 11 heteroatoms. The van der Waals surface area contributed by atoms with Gasteiger partial charge in [-0.1, -0.05) is 12.1 Å².